The van der Waals surface area contributed by atoms with Crippen LogP contribution in [0.4, 0.5) is 5.82 Å². The fraction of sp³-hybridized carbons (Fsp3) is 0.190. The Morgan fingerprint density at radius 1 is 1.07 bits per heavy atom. The number of hydrogen-bond donors (Lipinski definition) is 0. The van der Waals surface area contributed by atoms with Crippen LogP contribution in [0.2, 0.25) is 5.02 Å². The number of pyridine rings is 1. The monoisotopic (exact) mass is 391 g/mol. The third-order valence-corrected chi connectivity index (χ3v) is 5.36. The first-order chi connectivity index (χ1) is 13.6. The molecule has 0 radical (unpaired) electrons. The maximum atomic E-state index is 13.0. The molecule has 0 spiro atoms. The molecule has 0 amide bonds. The van der Waals surface area contributed by atoms with Gasteiger partial charge in [-0.2, -0.15) is 5.10 Å². The normalized spacial score (nSPS) is 14.4. The molecule has 3 aromatic heterocycles. The van der Waals surface area contributed by atoms with E-state index in [0.717, 1.165) is 30.0 Å². The summed E-state index contributed by atoms with van der Waals surface area (Å²) in [6.07, 6.45) is 5.10. The van der Waals surface area contributed by atoms with E-state index in [9.17, 15) is 4.79 Å². The minimum atomic E-state index is -0.137. The van der Waals surface area contributed by atoms with E-state index in [4.69, 9.17) is 11.6 Å². The molecule has 1 saturated heterocycles. The van der Waals surface area contributed by atoms with Gasteiger partial charge in [-0.1, -0.05) is 30.7 Å². The lowest BCUT2D eigenvalue weighted by Crippen LogP contribution is -2.45. The van der Waals surface area contributed by atoms with E-state index in [0.29, 0.717) is 22.1 Å². The first-order valence-electron chi connectivity index (χ1n) is 9.16. The highest BCUT2D eigenvalue weighted by Crippen LogP contribution is 2.24. The average Bonchev–Trinajstić information content (AvgIpc) is 3.12. The zero-order chi connectivity index (χ0) is 19.3. The Bertz CT molecular complexity index is 1200. The number of aromatic nitrogens is 4. The van der Waals surface area contributed by atoms with E-state index in [1.807, 2.05) is 48.7 Å². The van der Waals surface area contributed by atoms with Gasteiger partial charge in [0.15, 0.2) is 0 Å². The number of benzene rings is 1. The number of fused-ring (bicyclic) bond motifs is 1. The van der Waals surface area contributed by atoms with Crippen LogP contribution in [-0.2, 0) is 0 Å². The molecule has 0 N–H and O–H groups in total. The van der Waals surface area contributed by atoms with Gasteiger partial charge < -0.3 is 4.90 Å². The van der Waals surface area contributed by atoms with Gasteiger partial charge in [-0.3, -0.25) is 9.36 Å². The molecule has 140 valence electrons. The summed E-state index contributed by atoms with van der Waals surface area (Å²) in [6.45, 7) is 4.27. The van der Waals surface area contributed by atoms with Gasteiger partial charge in [0, 0.05) is 29.9 Å². The minimum absolute atomic E-state index is 0.137. The van der Waals surface area contributed by atoms with E-state index in [1.54, 1.807) is 10.7 Å². The summed E-state index contributed by atoms with van der Waals surface area (Å²) in [7, 11) is 0. The third-order valence-electron chi connectivity index (χ3n) is 5.11. The van der Waals surface area contributed by atoms with E-state index in [1.165, 1.54) is 10.9 Å². The maximum absolute atomic E-state index is 13.0. The van der Waals surface area contributed by atoms with Crippen molar-refractivity contribution in [1.82, 2.24) is 19.2 Å². The van der Waals surface area contributed by atoms with Gasteiger partial charge in [0.05, 0.1) is 11.9 Å². The number of nitrogens with zero attached hydrogens (tertiary/aromatic N) is 5. The van der Waals surface area contributed by atoms with Crippen LogP contribution in [0.15, 0.2) is 66.0 Å². The summed E-state index contributed by atoms with van der Waals surface area (Å²) >= 11 is 5.96. The van der Waals surface area contributed by atoms with E-state index < -0.39 is 0 Å². The van der Waals surface area contributed by atoms with Gasteiger partial charge in [-0.25, -0.2) is 9.50 Å². The van der Waals surface area contributed by atoms with Gasteiger partial charge in [0.2, 0.25) is 0 Å². The lowest BCUT2D eigenvalue weighted by molar-refractivity contribution is 0.443. The number of halogens is 1. The largest absolute Gasteiger partial charge is 0.356 e. The van der Waals surface area contributed by atoms with Crippen LogP contribution >= 0.6 is 11.6 Å². The molecule has 28 heavy (non-hydrogen) atoms. The van der Waals surface area contributed by atoms with Crippen LogP contribution in [0.3, 0.4) is 0 Å². The van der Waals surface area contributed by atoms with Gasteiger partial charge in [0.25, 0.3) is 5.56 Å². The maximum Gasteiger partial charge on any atom is 0.282 e. The van der Waals surface area contributed by atoms with Crippen molar-refractivity contribution in [2.24, 2.45) is 5.92 Å². The van der Waals surface area contributed by atoms with Crippen LogP contribution in [0.5, 0.6) is 0 Å². The summed E-state index contributed by atoms with van der Waals surface area (Å²) in [5, 5.41) is 5.07. The molecule has 0 unspecified atom stereocenters. The summed E-state index contributed by atoms with van der Waals surface area (Å²) in [5.74, 6) is 1.65. The SMILES string of the molecule is CC1CN(c2ccc(-n3cnn4cc(-c5ccc(Cl)cc5)cc4c3=O)cn2)C1. The quantitative estimate of drug-likeness (QED) is 0.535. The van der Waals surface area contributed by atoms with Crippen molar-refractivity contribution in [2.45, 2.75) is 6.92 Å². The fourth-order valence-electron chi connectivity index (χ4n) is 3.57. The Kier molecular flexibility index (Phi) is 3.94. The van der Waals surface area contributed by atoms with Gasteiger partial charge in [0.1, 0.15) is 17.7 Å². The topological polar surface area (TPSA) is 55.4 Å². The summed E-state index contributed by atoms with van der Waals surface area (Å²) < 4.78 is 3.13. The van der Waals surface area contributed by atoms with Crippen LogP contribution in [0.1, 0.15) is 6.92 Å². The Balaban J connectivity index is 1.51. The minimum Gasteiger partial charge on any atom is -0.356 e. The zero-order valence-corrected chi connectivity index (χ0v) is 16.0. The van der Waals surface area contributed by atoms with Crippen LogP contribution < -0.4 is 10.5 Å². The molecule has 0 aliphatic carbocycles. The molecule has 0 atom stereocenters. The van der Waals surface area contributed by atoms with Gasteiger partial charge in [-0.15, -0.1) is 0 Å². The summed E-state index contributed by atoms with van der Waals surface area (Å²) in [4.78, 5) is 19.7. The van der Waals surface area contributed by atoms with Crippen LogP contribution in [0, 0.1) is 5.92 Å². The molecule has 4 aromatic rings. The average molecular weight is 392 g/mol. The highest BCUT2D eigenvalue weighted by Gasteiger charge is 2.23. The first kappa shape index (κ1) is 17.0. The number of rotatable bonds is 3. The van der Waals surface area contributed by atoms with E-state index in [-0.39, 0.29) is 5.56 Å². The molecular weight excluding hydrogens is 374 g/mol. The second-order valence-electron chi connectivity index (χ2n) is 7.26. The fourth-order valence-corrected chi connectivity index (χ4v) is 3.69. The molecule has 5 rings (SSSR count). The number of anilines is 1. The highest BCUT2D eigenvalue weighted by molar-refractivity contribution is 6.30. The van der Waals surface area contributed by atoms with Gasteiger partial charge >= 0.3 is 0 Å². The first-order valence-corrected chi connectivity index (χ1v) is 9.53. The van der Waals surface area contributed by atoms with Crippen LogP contribution in [-0.4, -0.2) is 32.3 Å². The predicted molar refractivity (Wildman–Crippen MR) is 110 cm³/mol. The Labute approximate surface area is 166 Å². The highest BCUT2D eigenvalue weighted by atomic mass is 35.5. The molecule has 1 fully saturated rings. The second-order valence-corrected chi connectivity index (χ2v) is 7.69. The lowest BCUT2D eigenvalue weighted by atomic mass is 10.0. The Hall–Kier alpha value is -3.12. The molecule has 0 saturated carbocycles. The molecule has 4 heterocycles. The summed E-state index contributed by atoms with van der Waals surface area (Å²) in [6, 6.07) is 13.2. The van der Waals surface area contributed by atoms with Crippen molar-refractivity contribution in [3.8, 4) is 16.8 Å². The van der Waals surface area contributed by atoms with Crippen LogP contribution in [0.25, 0.3) is 22.3 Å². The predicted octanol–water partition coefficient (Wildman–Crippen LogP) is 3.66. The molecule has 7 heteroatoms. The van der Waals surface area contributed by atoms with E-state index in [2.05, 4.69) is 21.9 Å². The molecule has 1 aliphatic rings. The zero-order valence-electron chi connectivity index (χ0n) is 15.3. The Morgan fingerprint density at radius 3 is 2.54 bits per heavy atom. The van der Waals surface area contributed by atoms with Crippen molar-refractivity contribution in [1.29, 1.82) is 0 Å². The van der Waals surface area contributed by atoms with Gasteiger partial charge in [-0.05, 0) is 41.8 Å². The lowest BCUT2D eigenvalue weighted by Gasteiger charge is -2.38. The second kappa shape index (κ2) is 6.49. The smallest absolute Gasteiger partial charge is 0.282 e. The van der Waals surface area contributed by atoms with Crippen molar-refractivity contribution in [3.05, 3.63) is 76.6 Å². The molecular formula is C21H18ClN5O. The van der Waals surface area contributed by atoms with E-state index >= 15 is 0 Å². The van der Waals surface area contributed by atoms with Crippen molar-refractivity contribution >= 4 is 22.9 Å². The molecule has 1 aromatic carbocycles. The molecule has 1 aliphatic heterocycles. The molecule has 0 bridgehead atoms. The van der Waals surface area contributed by atoms with Crippen molar-refractivity contribution in [2.75, 3.05) is 18.0 Å². The Morgan fingerprint density at radius 2 is 1.86 bits per heavy atom. The summed E-state index contributed by atoms with van der Waals surface area (Å²) in [5.41, 5.74) is 2.97. The van der Waals surface area contributed by atoms with Crippen molar-refractivity contribution in [3.63, 3.8) is 0 Å². The molecule has 6 nitrogen and oxygen atoms in total. The standard InChI is InChI=1S/C21H18ClN5O/c1-14-10-25(11-14)20-7-6-18(9-23-20)26-13-24-27-12-16(8-19(27)21(26)28)15-2-4-17(22)5-3-15/h2-9,12-14H,10-11H2,1H3. The number of hydrogen-bond acceptors (Lipinski definition) is 4. The van der Waals surface area contributed by atoms with Crippen molar-refractivity contribution < 1.29 is 0 Å². The third kappa shape index (κ3) is 2.86.